The number of carbonyl (C=O) groups is 1. The van der Waals surface area contributed by atoms with Gasteiger partial charge in [0.05, 0.1) is 31.9 Å². The molecule has 0 unspecified atom stereocenters. The highest BCUT2D eigenvalue weighted by Gasteiger charge is 2.18. The predicted molar refractivity (Wildman–Crippen MR) is 123 cm³/mol. The van der Waals surface area contributed by atoms with Crippen molar-refractivity contribution in [1.29, 1.82) is 0 Å². The highest BCUT2D eigenvalue weighted by molar-refractivity contribution is 7.92. The van der Waals surface area contributed by atoms with Crippen LogP contribution in [0.3, 0.4) is 0 Å². The maximum Gasteiger partial charge on any atom is 0.261 e. The molecule has 0 atom stereocenters. The molecule has 3 aromatic carbocycles. The van der Waals surface area contributed by atoms with Crippen LogP contribution in [0.25, 0.3) is 0 Å². The number of carbonyl (C=O) groups excluding carboxylic acids is 1. The summed E-state index contributed by atoms with van der Waals surface area (Å²) in [5, 5.41) is 3.12. The number of sulfonamides is 1. The van der Waals surface area contributed by atoms with Crippen LogP contribution in [0, 0.1) is 0 Å². The van der Waals surface area contributed by atoms with E-state index in [0.29, 0.717) is 33.6 Å². The van der Waals surface area contributed by atoms with Gasteiger partial charge in [-0.05, 0) is 54.6 Å². The average molecular weight is 477 g/mol. The van der Waals surface area contributed by atoms with Gasteiger partial charge in [-0.2, -0.15) is 0 Å². The van der Waals surface area contributed by atoms with Gasteiger partial charge in [0.1, 0.15) is 0 Å². The molecule has 0 fully saturated rings. The Morgan fingerprint density at radius 3 is 2.00 bits per heavy atom. The predicted octanol–water partition coefficient (Wildman–Crippen LogP) is 4.42. The number of hydrogen-bond donors (Lipinski definition) is 2. The largest absolute Gasteiger partial charge is 0.493 e. The number of methoxy groups -OCH3 is 3. The highest BCUT2D eigenvalue weighted by Crippen LogP contribution is 2.38. The zero-order valence-electron chi connectivity index (χ0n) is 17.5. The van der Waals surface area contributed by atoms with E-state index in [1.165, 1.54) is 63.8 Å². The molecule has 0 saturated carbocycles. The molecule has 0 radical (unpaired) electrons. The van der Waals surface area contributed by atoms with Crippen LogP contribution in [0.5, 0.6) is 17.2 Å². The first-order valence-electron chi connectivity index (χ1n) is 9.27. The average Bonchev–Trinajstić information content (AvgIpc) is 2.78. The van der Waals surface area contributed by atoms with Crippen LogP contribution in [0.4, 0.5) is 11.4 Å². The Labute approximate surface area is 191 Å². The summed E-state index contributed by atoms with van der Waals surface area (Å²) in [7, 11) is 0.556. The minimum atomic E-state index is -3.82. The minimum Gasteiger partial charge on any atom is -0.493 e. The third-order valence-electron chi connectivity index (χ3n) is 4.43. The van der Waals surface area contributed by atoms with E-state index in [-0.39, 0.29) is 10.5 Å². The second kappa shape index (κ2) is 9.80. The van der Waals surface area contributed by atoms with E-state index in [0.717, 1.165) is 0 Å². The zero-order chi connectivity index (χ0) is 23.3. The van der Waals surface area contributed by atoms with E-state index in [1.807, 2.05) is 0 Å². The molecule has 0 saturated heterocycles. The van der Waals surface area contributed by atoms with Crippen molar-refractivity contribution in [1.82, 2.24) is 0 Å². The molecule has 3 aromatic rings. The number of rotatable bonds is 8. The van der Waals surface area contributed by atoms with E-state index in [2.05, 4.69) is 10.0 Å². The van der Waals surface area contributed by atoms with Crippen molar-refractivity contribution in [2.24, 2.45) is 0 Å². The van der Waals surface area contributed by atoms with Crippen LogP contribution in [0.1, 0.15) is 10.4 Å². The molecule has 3 rings (SSSR count). The van der Waals surface area contributed by atoms with Crippen molar-refractivity contribution in [3.63, 3.8) is 0 Å². The number of benzene rings is 3. The molecular formula is C22H21ClN2O6S. The topological polar surface area (TPSA) is 103 Å². The fourth-order valence-electron chi connectivity index (χ4n) is 2.90. The van der Waals surface area contributed by atoms with E-state index >= 15 is 0 Å². The normalized spacial score (nSPS) is 10.9. The molecule has 0 aliphatic rings. The SMILES string of the molecule is COc1cc(C(=O)Nc2ccc(S(=O)(=O)Nc3cccc(Cl)c3)cc2)cc(OC)c1OC. The number of hydrogen-bond acceptors (Lipinski definition) is 6. The Hall–Kier alpha value is -3.43. The second-order valence-electron chi connectivity index (χ2n) is 6.51. The van der Waals surface area contributed by atoms with Crippen molar-refractivity contribution in [2.45, 2.75) is 4.90 Å². The quantitative estimate of drug-likeness (QED) is 0.499. The second-order valence-corrected chi connectivity index (χ2v) is 8.63. The first-order chi connectivity index (χ1) is 15.3. The Balaban J connectivity index is 1.77. The molecule has 8 nitrogen and oxygen atoms in total. The van der Waals surface area contributed by atoms with Crippen molar-refractivity contribution in [2.75, 3.05) is 31.4 Å². The third kappa shape index (κ3) is 5.24. The number of ether oxygens (including phenoxy) is 3. The van der Waals surface area contributed by atoms with Gasteiger partial charge in [-0.3, -0.25) is 9.52 Å². The summed E-state index contributed by atoms with van der Waals surface area (Å²) in [6.45, 7) is 0. The Bertz CT molecular complexity index is 1200. The molecule has 2 N–H and O–H groups in total. The lowest BCUT2D eigenvalue weighted by Gasteiger charge is -2.14. The first kappa shape index (κ1) is 23.2. The smallest absolute Gasteiger partial charge is 0.261 e. The van der Waals surface area contributed by atoms with Crippen LogP contribution in [-0.2, 0) is 10.0 Å². The maximum absolute atomic E-state index is 12.7. The van der Waals surface area contributed by atoms with E-state index in [9.17, 15) is 13.2 Å². The molecule has 0 heterocycles. The van der Waals surface area contributed by atoms with Gasteiger partial charge in [0.25, 0.3) is 15.9 Å². The third-order valence-corrected chi connectivity index (χ3v) is 6.06. The van der Waals surface area contributed by atoms with Crippen LogP contribution < -0.4 is 24.2 Å². The number of anilines is 2. The summed E-state index contributed by atoms with van der Waals surface area (Å²) in [6.07, 6.45) is 0. The molecule has 0 aromatic heterocycles. The van der Waals surface area contributed by atoms with Crippen LogP contribution in [0.15, 0.2) is 65.6 Å². The molecule has 10 heteroatoms. The van der Waals surface area contributed by atoms with Crippen molar-refractivity contribution in [3.8, 4) is 17.2 Å². The number of amides is 1. The summed E-state index contributed by atoms with van der Waals surface area (Å²) in [6, 6.07) is 15.2. The summed E-state index contributed by atoms with van der Waals surface area (Å²) < 4.78 is 43.4. The number of halogens is 1. The maximum atomic E-state index is 12.7. The van der Waals surface area contributed by atoms with Gasteiger partial charge in [0, 0.05) is 16.3 Å². The first-order valence-corrected chi connectivity index (χ1v) is 11.1. The molecule has 32 heavy (non-hydrogen) atoms. The van der Waals surface area contributed by atoms with E-state index < -0.39 is 15.9 Å². The molecule has 0 bridgehead atoms. The van der Waals surface area contributed by atoms with Crippen LogP contribution in [0.2, 0.25) is 5.02 Å². The van der Waals surface area contributed by atoms with Crippen molar-refractivity contribution < 1.29 is 27.4 Å². The Kier molecular flexibility index (Phi) is 7.12. The zero-order valence-corrected chi connectivity index (χ0v) is 19.1. The van der Waals surface area contributed by atoms with Gasteiger partial charge < -0.3 is 19.5 Å². The van der Waals surface area contributed by atoms with Crippen LogP contribution >= 0.6 is 11.6 Å². The Morgan fingerprint density at radius 2 is 1.47 bits per heavy atom. The number of nitrogens with one attached hydrogen (secondary N) is 2. The van der Waals surface area contributed by atoms with Crippen molar-refractivity contribution >= 4 is 38.9 Å². The fraction of sp³-hybridized carbons (Fsp3) is 0.136. The van der Waals surface area contributed by atoms with E-state index in [4.69, 9.17) is 25.8 Å². The lowest BCUT2D eigenvalue weighted by molar-refractivity contribution is 0.102. The van der Waals surface area contributed by atoms with E-state index in [1.54, 1.807) is 18.2 Å². The molecular weight excluding hydrogens is 456 g/mol. The summed E-state index contributed by atoms with van der Waals surface area (Å²) in [5.74, 6) is 0.612. The molecule has 0 aliphatic carbocycles. The standard InChI is InChI=1S/C22H21ClN2O6S/c1-29-19-11-14(12-20(30-2)21(19)31-3)22(26)24-16-7-9-18(10-8-16)32(27,28)25-17-6-4-5-15(23)13-17/h4-13,25H,1-3H3,(H,24,26). The molecule has 168 valence electrons. The van der Waals surface area contributed by atoms with Gasteiger partial charge in [-0.15, -0.1) is 0 Å². The summed E-state index contributed by atoms with van der Waals surface area (Å²) in [4.78, 5) is 12.7. The monoisotopic (exact) mass is 476 g/mol. The Morgan fingerprint density at radius 1 is 0.844 bits per heavy atom. The van der Waals surface area contributed by atoms with Crippen LogP contribution in [-0.4, -0.2) is 35.7 Å². The highest BCUT2D eigenvalue weighted by atomic mass is 35.5. The summed E-state index contributed by atoms with van der Waals surface area (Å²) in [5.41, 5.74) is 1.03. The minimum absolute atomic E-state index is 0.0308. The lowest BCUT2D eigenvalue weighted by atomic mass is 10.1. The van der Waals surface area contributed by atoms with Gasteiger partial charge in [-0.25, -0.2) is 8.42 Å². The summed E-state index contributed by atoms with van der Waals surface area (Å²) >= 11 is 5.90. The lowest BCUT2D eigenvalue weighted by Crippen LogP contribution is -2.14. The molecule has 0 spiro atoms. The van der Waals surface area contributed by atoms with Crippen molar-refractivity contribution in [3.05, 3.63) is 71.2 Å². The molecule has 1 amide bonds. The van der Waals surface area contributed by atoms with Gasteiger partial charge >= 0.3 is 0 Å². The van der Waals surface area contributed by atoms with Gasteiger partial charge in [0.2, 0.25) is 5.75 Å². The molecule has 0 aliphatic heterocycles. The van der Waals surface area contributed by atoms with Gasteiger partial charge in [0.15, 0.2) is 11.5 Å². The van der Waals surface area contributed by atoms with Gasteiger partial charge in [-0.1, -0.05) is 17.7 Å². The fourth-order valence-corrected chi connectivity index (χ4v) is 4.14.